The third-order valence-corrected chi connectivity index (χ3v) is 1.77. The summed E-state index contributed by atoms with van der Waals surface area (Å²) in [5.41, 5.74) is 4.73. The zero-order valence-corrected chi connectivity index (χ0v) is 7.18. The molecule has 1 rings (SSSR count). The van der Waals surface area contributed by atoms with Crippen LogP contribution in [-0.4, -0.2) is 16.6 Å². The molecule has 0 radical (unpaired) electrons. The molecule has 0 spiro atoms. The molecule has 0 amide bonds. The number of halogens is 1. The number of nitro benzene ring substituents is 1. The van der Waals surface area contributed by atoms with Crippen molar-refractivity contribution in [1.82, 2.24) is 0 Å². The van der Waals surface area contributed by atoms with Gasteiger partial charge in [-0.1, -0.05) is 6.07 Å². The molecule has 1 aromatic carbocycles. The summed E-state index contributed by atoms with van der Waals surface area (Å²) < 4.78 is 12.8. The zero-order chi connectivity index (χ0) is 10.7. The highest BCUT2D eigenvalue weighted by Gasteiger charge is 2.16. The van der Waals surface area contributed by atoms with Crippen LogP contribution in [0.1, 0.15) is 11.7 Å². The quantitative estimate of drug-likeness (QED) is 0.555. The van der Waals surface area contributed by atoms with Crippen LogP contribution in [0.25, 0.3) is 0 Å². The second-order valence-corrected chi connectivity index (χ2v) is 2.72. The number of nitro groups is 1. The summed E-state index contributed by atoms with van der Waals surface area (Å²) in [7, 11) is 0. The summed E-state index contributed by atoms with van der Waals surface area (Å²) in [4.78, 5) is 9.49. The summed E-state index contributed by atoms with van der Waals surface area (Å²) in [6.07, 6.45) is -1.01. The Balaban J connectivity index is 3.12. The molecule has 1 aromatic rings. The molecule has 3 N–H and O–H groups in total. The second-order valence-electron chi connectivity index (χ2n) is 2.72. The first-order valence-electron chi connectivity index (χ1n) is 3.88. The van der Waals surface area contributed by atoms with E-state index >= 15 is 0 Å². The number of aliphatic hydroxyl groups is 1. The Morgan fingerprint density at radius 1 is 1.64 bits per heavy atom. The van der Waals surface area contributed by atoms with E-state index in [2.05, 4.69) is 0 Å². The van der Waals surface area contributed by atoms with Gasteiger partial charge in [0.05, 0.1) is 11.0 Å². The van der Waals surface area contributed by atoms with Crippen molar-refractivity contribution < 1.29 is 14.4 Å². The maximum absolute atomic E-state index is 12.8. The highest BCUT2D eigenvalue weighted by atomic mass is 19.1. The second kappa shape index (κ2) is 4.12. The Morgan fingerprint density at radius 2 is 2.29 bits per heavy atom. The monoisotopic (exact) mass is 200 g/mol. The minimum Gasteiger partial charge on any atom is -0.387 e. The van der Waals surface area contributed by atoms with Gasteiger partial charge < -0.3 is 10.8 Å². The first-order chi connectivity index (χ1) is 6.56. The third-order valence-electron chi connectivity index (χ3n) is 1.77. The average Bonchev–Trinajstić information content (AvgIpc) is 2.17. The van der Waals surface area contributed by atoms with Gasteiger partial charge in [0.2, 0.25) is 5.82 Å². The lowest BCUT2D eigenvalue weighted by atomic mass is 10.1. The SMILES string of the molecule is NC[C@@H](O)c1ccc(F)c([N+](=O)[O-])c1. The van der Waals surface area contributed by atoms with E-state index in [0.717, 1.165) is 12.1 Å². The number of hydrogen-bond acceptors (Lipinski definition) is 4. The van der Waals surface area contributed by atoms with Gasteiger partial charge in [-0.15, -0.1) is 0 Å². The Morgan fingerprint density at radius 3 is 2.79 bits per heavy atom. The van der Waals surface area contributed by atoms with E-state index in [1.807, 2.05) is 0 Å². The van der Waals surface area contributed by atoms with Gasteiger partial charge in [0.15, 0.2) is 0 Å². The van der Waals surface area contributed by atoms with Crippen molar-refractivity contribution >= 4 is 5.69 Å². The van der Waals surface area contributed by atoms with Gasteiger partial charge in [-0.05, 0) is 11.6 Å². The summed E-state index contributed by atoms with van der Waals surface area (Å²) in [5.74, 6) is -0.928. The molecule has 0 unspecified atom stereocenters. The van der Waals surface area contributed by atoms with Crippen molar-refractivity contribution in [2.75, 3.05) is 6.54 Å². The summed E-state index contributed by atoms with van der Waals surface area (Å²) in [6, 6.07) is 3.18. The van der Waals surface area contributed by atoms with Crippen LogP contribution in [0.5, 0.6) is 0 Å². The summed E-state index contributed by atoms with van der Waals surface area (Å²) in [5, 5.41) is 19.6. The van der Waals surface area contributed by atoms with Crippen LogP contribution in [0.15, 0.2) is 18.2 Å². The smallest absolute Gasteiger partial charge is 0.305 e. The van der Waals surface area contributed by atoms with Crippen LogP contribution in [0.3, 0.4) is 0 Å². The topological polar surface area (TPSA) is 89.4 Å². The van der Waals surface area contributed by atoms with Crippen LogP contribution in [0, 0.1) is 15.9 Å². The molecule has 0 aliphatic heterocycles. The predicted molar refractivity (Wildman–Crippen MR) is 47.1 cm³/mol. The van der Waals surface area contributed by atoms with Crippen LogP contribution in [0.4, 0.5) is 10.1 Å². The van der Waals surface area contributed by atoms with Crippen molar-refractivity contribution in [2.45, 2.75) is 6.10 Å². The number of benzene rings is 1. The first kappa shape index (κ1) is 10.6. The fourth-order valence-electron chi connectivity index (χ4n) is 1.01. The number of rotatable bonds is 3. The standard InChI is InChI=1S/C8H9FN2O3/c9-6-2-1-5(8(12)4-10)3-7(6)11(13)14/h1-3,8,12H,4,10H2/t8-/m1/s1. The average molecular weight is 200 g/mol. The lowest BCUT2D eigenvalue weighted by molar-refractivity contribution is -0.387. The normalized spacial score (nSPS) is 12.5. The van der Waals surface area contributed by atoms with Crippen LogP contribution in [0.2, 0.25) is 0 Å². The van der Waals surface area contributed by atoms with Gasteiger partial charge in [-0.3, -0.25) is 10.1 Å². The number of nitrogens with two attached hydrogens (primary N) is 1. The van der Waals surface area contributed by atoms with Gasteiger partial charge in [0.1, 0.15) is 0 Å². The van der Waals surface area contributed by atoms with E-state index in [9.17, 15) is 19.6 Å². The summed E-state index contributed by atoms with van der Waals surface area (Å²) in [6.45, 7) is -0.0667. The highest BCUT2D eigenvalue weighted by molar-refractivity contribution is 5.37. The van der Waals surface area contributed by atoms with Crippen LogP contribution < -0.4 is 5.73 Å². The Labute approximate surface area is 79.1 Å². The maximum atomic E-state index is 12.8. The minimum absolute atomic E-state index is 0.0667. The molecule has 1 atom stereocenters. The van der Waals surface area contributed by atoms with Gasteiger partial charge >= 0.3 is 5.69 Å². The summed E-state index contributed by atoms with van der Waals surface area (Å²) >= 11 is 0. The molecule has 76 valence electrons. The van der Waals surface area contributed by atoms with E-state index in [1.165, 1.54) is 6.07 Å². The molecule has 0 aliphatic rings. The molecule has 0 heterocycles. The van der Waals surface area contributed by atoms with Gasteiger partial charge in [0, 0.05) is 12.6 Å². The van der Waals surface area contributed by atoms with E-state index in [0.29, 0.717) is 0 Å². The van der Waals surface area contributed by atoms with E-state index in [-0.39, 0.29) is 12.1 Å². The van der Waals surface area contributed by atoms with E-state index in [4.69, 9.17) is 5.73 Å². The number of nitrogens with zero attached hydrogens (tertiary/aromatic N) is 1. The third kappa shape index (κ3) is 2.04. The number of hydrogen-bond donors (Lipinski definition) is 2. The lowest BCUT2D eigenvalue weighted by Crippen LogP contribution is -2.11. The van der Waals surface area contributed by atoms with Gasteiger partial charge in [-0.2, -0.15) is 4.39 Å². The molecule has 14 heavy (non-hydrogen) atoms. The zero-order valence-electron chi connectivity index (χ0n) is 7.18. The molecule has 0 fully saturated rings. The van der Waals surface area contributed by atoms with Crippen LogP contribution in [-0.2, 0) is 0 Å². The van der Waals surface area contributed by atoms with Gasteiger partial charge in [0.25, 0.3) is 0 Å². The molecule has 0 saturated heterocycles. The molecule has 6 heteroatoms. The maximum Gasteiger partial charge on any atom is 0.305 e. The molecule has 0 aliphatic carbocycles. The highest BCUT2D eigenvalue weighted by Crippen LogP contribution is 2.21. The minimum atomic E-state index is -1.01. The Bertz CT molecular complexity index is 356. The molecule has 0 saturated carbocycles. The predicted octanol–water partition coefficient (Wildman–Crippen LogP) is 0.726. The molecule has 5 nitrogen and oxygen atoms in total. The lowest BCUT2D eigenvalue weighted by Gasteiger charge is -2.07. The molecule has 0 aromatic heterocycles. The van der Waals surface area contributed by atoms with Crippen molar-refractivity contribution in [3.63, 3.8) is 0 Å². The fraction of sp³-hybridized carbons (Fsp3) is 0.250. The van der Waals surface area contributed by atoms with E-state index in [1.54, 1.807) is 0 Å². The van der Waals surface area contributed by atoms with Gasteiger partial charge in [-0.25, -0.2) is 0 Å². The fourth-order valence-corrected chi connectivity index (χ4v) is 1.01. The molecular weight excluding hydrogens is 191 g/mol. The van der Waals surface area contributed by atoms with Crippen molar-refractivity contribution in [2.24, 2.45) is 5.73 Å². The first-order valence-corrected chi connectivity index (χ1v) is 3.88. The molecular formula is C8H9FN2O3. The van der Waals surface area contributed by atoms with Crippen LogP contribution >= 0.6 is 0 Å². The van der Waals surface area contributed by atoms with E-state index < -0.39 is 22.5 Å². The number of aliphatic hydroxyl groups excluding tert-OH is 1. The Hall–Kier alpha value is -1.53. The largest absolute Gasteiger partial charge is 0.387 e. The van der Waals surface area contributed by atoms with Crippen molar-refractivity contribution in [3.8, 4) is 0 Å². The molecule has 0 bridgehead atoms. The van der Waals surface area contributed by atoms with Crippen molar-refractivity contribution in [1.29, 1.82) is 0 Å². The van der Waals surface area contributed by atoms with Crippen molar-refractivity contribution in [3.05, 3.63) is 39.7 Å². The Kier molecular flexibility index (Phi) is 3.10.